The minimum absolute atomic E-state index is 0.353. The van der Waals surface area contributed by atoms with Crippen molar-refractivity contribution in [2.45, 2.75) is 27.3 Å². The van der Waals surface area contributed by atoms with E-state index in [1.165, 1.54) is 7.11 Å². The van der Waals surface area contributed by atoms with E-state index >= 15 is 0 Å². The Morgan fingerprint density at radius 1 is 1.00 bits per heavy atom. The summed E-state index contributed by atoms with van der Waals surface area (Å²) in [4.78, 5) is 25.3. The molecular weight excluding hydrogens is 344 g/mol. The van der Waals surface area contributed by atoms with Gasteiger partial charge in [0.1, 0.15) is 16.9 Å². The summed E-state index contributed by atoms with van der Waals surface area (Å²) in [6, 6.07) is 12.9. The first-order chi connectivity index (χ1) is 12.8. The van der Waals surface area contributed by atoms with Crippen molar-refractivity contribution < 1.29 is 19.1 Å². The molecule has 0 aliphatic rings. The molecule has 2 aromatic rings. The van der Waals surface area contributed by atoms with Gasteiger partial charge < -0.3 is 20.1 Å². The molecule has 2 rings (SSSR count). The van der Waals surface area contributed by atoms with Crippen molar-refractivity contribution >= 4 is 17.5 Å². The molecule has 0 saturated carbocycles. The average molecular weight is 370 g/mol. The van der Waals surface area contributed by atoms with Crippen LogP contribution in [-0.2, 0) is 16.1 Å². The number of benzene rings is 2. The van der Waals surface area contributed by atoms with Gasteiger partial charge in [-0.2, -0.15) is 0 Å². The SMILES string of the molecule is COc1ccc(NC(=O)C(C)(C)C(=O)NCc2cccc(C)c2)c(OC)c1. The first kappa shape index (κ1) is 20.3. The molecule has 0 aromatic heterocycles. The number of amides is 2. The second kappa shape index (κ2) is 8.58. The molecule has 2 N–H and O–H groups in total. The summed E-state index contributed by atoms with van der Waals surface area (Å²) in [6.07, 6.45) is 0. The summed E-state index contributed by atoms with van der Waals surface area (Å²) in [5.74, 6) is 0.292. The van der Waals surface area contributed by atoms with Gasteiger partial charge >= 0.3 is 0 Å². The molecule has 0 fully saturated rings. The molecule has 0 aliphatic heterocycles. The third-order valence-electron chi connectivity index (χ3n) is 4.33. The summed E-state index contributed by atoms with van der Waals surface area (Å²) >= 11 is 0. The lowest BCUT2D eigenvalue weighted by Crippen LogP contribution is -2.44. The van der Waals surface area contributed by atoms with Crippen molar-refractivity contribution in [1.29, 1.82) is 0 Å². The van der Waals surface area contributed by atoms with E-state index in [0.29, 0.717) is 23.7 Å². The number of ether oxygens (including phenoxy) is 2. The van der Waals surface area contributed by atoms with Crippen LogP contribution < -0.4 is 20.1 Å². The highest BCUT2D eigenvalue weighted by Crippen LogP contribution is 2.30. The molecule has 0 unspecified atom stereocenters. The quantitative estimate of drug-likeness (QED) is 0.733. The van der Waals surface area contributed by atoms with Gasteiger partial charge in [0, 0.05) is 12.6 Å². The lowest BCUT2D eigenvalue weighted by molar-refractivity contribution is -0.138. The van der Waals surface area contributed by atoms with Crippen LogP contribution in [0.4, 0.5) is 5.69 Å². The monoisotopic (exact) mass is 370 g/mol. The molecule has 0 spiro atoms. The second-order valence-electron chi connectivity index (χ2n) is 6.82. The van der Waals surface area contributed by atoms with Gasteiger partial charge in [0.2, 0.25) is 11.8 Å². The summed E-state index contributed by atoms with van der Waals surface area (Å²) in [6.45, 7) is 5.53. The summed E-state index contributed by atoms with van der Waals surface area (Å²) in [5, 5.41) is 5.59. The van der Waals surface area contributed by atoms with E-state index < -0.39 is 11.3 Å². The van der Waals surface area contributed by atoms with Crippen LogP contribution in [0.2, 0.25) is 0 Å². The smallest absolute Gasteiger partial charge is 0.239 e. The van der Waals surface area contributed by atoms with E-state index in [4.69, 9.17) is 9.47 Å². The van der Waals surface area contributed by atoms with E-state index in [1.807, 2.05) is 31.2 Å². The van der Waals surface area contributed by atoms with Crippen LogP contribution in [0.15, 0.2) is 42.5 Å². The summed E-state index contributed by atoms with van der Waals surface area (Å²) < 4.78 is 10.4. The third kappa shape index (κ3) is 5.00. The number of nitrogens with one attached hydrogen (secondary N) is 2. The van der Waals surface area contributed by atoms with E-state index in [2.05, 4.69) is 10.6 Å². The Kier molecular flexibility index (Phi) is 6.45. The van der Waals surface area contributed by atoms with Crippen molar-refractivity contribution in [2.75, 3.05) is 19.5 Å². The van der Waals surface area contributed by atoms with Gasteiger partial charge in [-0.1, -0.05) is 29.8 Å². The minimum Gasteiger partial charge on any atom is -0.497 e. The molecule has 0 aliphatic carbocycles. The molecule has 0 heterocycles. The van der Waals surface area contributed by atoms with Gasteiger partial charge in [-0.15, -0.1) is 0 Å². The molecule has 0 bridgehead atoms. The van der Waals surface area contributed by atoms with Crippen LogP contribution in [-0.4, -0.2) is 26.0 Å². The second-order valence-corrected chi connectivity index (χ2v) is 6.82. The molecule has 2 aromatic carbocycles. The zero-order valence-electron chi connectivity index (χ0n) is 16.4. The van der Waals surface area contributed by atoms with Crippen molar-refractivity contribution in [3.8, 4) is 11.5 Å². The van der Waals surface area contributed by atoms with Gasteiger partial charge in [-0.3, -0.25) is 9.59 Å². The van der Waals surface area contributed by atoms with Crippen molar-refractivity contribution in [3.63, 3.8) is 0 Å². The highest BCUT2D eigenvalue weighted by Gasteiger charge is 2.36. The topological polar surface area (TPSA) is 76.7 Å². The number of hydrogen-bond donors (Lipinski definition) is 2. The lowest BCUT2D eigenvalue weighted by Gasteiger charge is -2.23. The molecule has 0 saturated heterocycles. The van der Waals surface area contributed by atoms with E-state index in [0.717, 1.165) is 11.1 Å². The number of hydrogen-bond acceptors (Lipinski definition) is 4. The number of carbonyl (C=O) groups is 2. The largest absolute Gasteiger partial charge is 0.497 e. The van der Waals surface area contributed by atoms with Gasteiger partial charge in [-0.05, 0) is 38.5 Å². The third-order valence-corrected chi connectivity index (χ3v) is 4.33. The van der Waals surface area contributed by atoms with Crippen LogP contribution >= 0.6 is 0 Å². The van der Waals surface area contributed by atoms with Crippen molar-refractivity contribution in [1.82, 2.24) is 5.32 Å². The Hall–Kier alpha value is -3.02. The summed E-state index contributed by atoms with van der Waals surface area (Å²) in [7, 11) is 3.05. The fourth-order valence-electron chi connectivity index (χ4n) is 2.51. The molecule has 0 radical (unpaired) electrons. The Morgan fingerprint density at radius 3 is 2.37 bits per heavy atom. The first-order valence-corrected chi connectivity index (χ1v) is 8.65. The molecule has 6 nitrogen and oxygen atoms in total. The van der Waals surface area contributed by atoms with Crippen LogP contribution in [0.25, 0.3) is 0 Å². The fourth-order valence-corrected chi connectivity index (χ4v) is 2.51. The molecule has 0 atom stereocenters. The standard InChI is InChI=1S/C21H26N2O4/c1-14-7-6-8-15(11-14)13-22-19(24)21(2,3)20(25)23-17-10-9-16(26-4)12-18(17)27-5/h6-12H,13H2,1-5H3,(H,22,24)(H,23,25). The number of aryl methyl sites for hydroxylation is 1. The van der Waals surface area contributed by atoms with Gasteiger partial charge in [0.15, 0.2) is 0 Å². The number of carbonyl (C=O) groups excluding carboxylic acids is 2. The molecule has 144 valence electrons. The zero-order valence-corrected chi connectivity index (χ0v) is 16.4. The predicted molar refractivity (Wildman–Crippen MR) is 105 cm³/mol. The minimum atomic E-state index is -1.26. The lowest BCUT2D eigenvalue weighted by atomic mass is 9.90. The van der Waals surface area contributed by atoms with Crippen LogP contribution in [0.3, 0.4) is 0 Å². The Bertz CT molecular complexity index is 831. The first-order valence-electron chi connectivity index (χ1n) is 8.65. The average Bonchev–Trinajstić information content (AvgIpc) is 2.66. The number of rotatable bonds is 7. The maximum atomic E-state index is 12.7. The predicted octanol–water partition coefficient (Wildman–Crippen LogP) is 3.29. The van der Waals surface area contributed by atoms with Gasteiger partial charge in [-0.25, -0.2) is 0 Å². The highest BCUT2D eigenvalue weighted by molar-refractivity contribution is 6.10. The van der Waals surface area contributed by atoms with Crippen LogP contribution in [0.1, 0.15) is 25.0 Å². The van der Waals surface area contributed by atoms with Crippen molar-refractivity contribution in [3.05, 3.63) is 53.6 Å². The fraction of sp³-hybridized carbons (Fsp3) is 0.333. The Morgan fingerprint density at radius 2 is 1.74 bits per heavy atom. The Balaban J connectivity index is 2.06. The van der Waals surface area contributed by atoms with Gasteiger partial charge in [0.05, 0.1) is 19.9 Å². The zero-order chi connectivity index (χ0) is 20.0. The van der Waals surface area contributed by atoms with E-state index in [-0.39, 0.29) is 5.91 Å². The summed E-state index contributed by atoms with van der Waals surface area (Å²) in [5.41, 5.74) is 1.32. The molecular formula is C21H26N2O4. The van der Waals surface area contributed by atoms with Gasteiger partial charge in [0.25, 0.3) is 0 Å². The molecule has 6 heteroatoms. The van der Waals surface area contributed by atoms with Crippen LogP contribution in [0, 0.1) is 12.3 Å². The van der Waals surface area contributed by atoms with Crippen LogP contribution in [0.5, 0.6) is 11.5 Å². The number of methoxy groups -OCH3 is 2. The normalized spacial score (nSPS) is 10.9. The van der Waals surface area contributed by atoms with E-state index in [9.17, 15) is 9.59 Å². The molecule has 27 heavy (non-hydrogen) atoms. The molecule has 2 amide bonds. The van der Waals surface area contributed by atoms with Crippen molar-refractivity contribution in [2.24, 2.45) is 5.41 Å². The maximum Gasteiger partial charge on any atom is 0.239 e. The number of anilines is 1. The highest BCUT2D eigenvalue weighted by atomic mass is 16.5. The van der Waals surface area contributed by atoms with E-state index in [1.54, 1.807) is 39.2 Å². The maximum absolute atomic E-state index is 12.7. The Labute approximate surface area is 159 Å².